The lowest BCUT2D eigenvalue weighted by Gasteiger charge is -2.33. The van der Waals surface area contributed by atoms with Gasteiger partial charge in [0.25, 0.3) is 0 Å². The van der Waals surface area contributed by atoms with Crippen LogP contribution in [-0.4, -0.2) is 29.7 Å². The van der Waals surface area contributed by atoms with E-state index >= 15 is 0 Å². The van der Waals surface area contributed by atoms with Crippen LogP contribution in [0.5, 0.6) is 0 Å². The highest BCUT2D eigenvalue weighted by atomic mass is 19.2. The molecule has 0 aliphatic carbocycles. The molecule has 1 unspecified atom stereocenters. The molecule has 0 bridgehead atoms. The summed E-state index contributed by atoms with van der Waals surface area (Å²) < 4.78 is 32.0. The van der Waals surface area contributed by atoms with Crippen molar-refractivity contribution in [3.8, 4) is 0 Å². The molecule has 3 rings (SSSR count). The largest absolute Gasteiger partial charge is 0.370 e. The Morgan fingerprint density at radius 1 is 1.24 bits per heavy atom. The van der Waals surface area contributed by atoms with E-state index in [0.717, 1.165) is 17.6 Å². The van der Waals surface area contributed by atoms with E-state index < -0.39 is 11.6 Å². The zero-order valence-corrected chi connectivity index (χ0v) is 11.6. The molecule has 21 heavy (non-hydrogen) atoms. The molecule has 6 heteroatoms. The molecule has 1 aromatic heterocycles. The third-order valence-corrected chi connectivity index (χ3v) is 3.45. The summed E-state index contributed by atoms with van der Waals surface area (Å²) in [6.45, 7) is 3.60. The fourth-order valence-corrected chi connectivity index (χ4v) is 2.37. The molecule has 1 saturated heterocycles. The molecule has 1 aliphatic rings. The normalized spacial score (nSPS) is 18.8. The molecule has 1 fully saturated rings. The maximum Gasteiger partial charge on any atom is 0.159 e. The minimum atomic E-state index is -0.858. The van der Waals surface area contributed by atoms with Crippen molar-refractivity contribution in [2.45, 2.75) is 13.0 Å². The van der Waals surface area contributed by atoms with E-state index in [1.54, 1.807) is 18.5 Å². The number of rotatable bonds is 2. The van der Waals surface area contributed by atoms with E-state index in [-0.39, 0.29) is 6.10 Å². The van der Waals surface area contributed by atoms with Gasteiger partial charge in [0.2, 0.25) is 0 Å². The topological polar surface area (TPSA) is 38.2 Å². The molecule has 0 radical (unpaired) electrons. The fraction of sp³-hybridized carbons (Fsp3) is 0.333. The maximum absolute atomic E-state index is 13.3. The first-order valence-corrected chi connectivity index (χ1v) is 6.73. The van der Waals surface area contributed by atoms with E-state index in [4.69, 9.17) is 4.74 Å². The maximum atomic E-state index is 13.3. The van der Waals surface area contributed by atoms with E-state index in [1.165, 1.54) is 6.07 Å². The molecule has 1 aliphatic heterocycles. The molecule has 0 N–H and O–H groups in total. The van der Waals surface area contributed by atoms with Crippen LogP contribution >= 0.6 is 0 Å². The van der Waals surface area contributed by atoms with Crippen molar-refractivity contribution in [2.24, 2.45) is 0 Å². The monoisotopic (exact) mass is 291 g/mol. The van der Waals surface area contributed by atoms with Gasteiger partial charge < -0.3 is 9.64 Å². The van der Waals surface area contributed by atoms with Gasteiger partial charge in [0.1, 0.15) is 11.9 Å². The van der Waals surface area contributed by atoms with Crippen LogP contribution in [0.1, 0.15) is 17.4 Å². The van der Waals surface area contributed by atoms with Crippen LogP contribution < -0.4 is 4.90 Å². The molecular formula is C15H15F2N3O. The number of anilines is 1. The Morgan fingerprint density at radius 3 is 2.86 bits per heavy atom. The highest BCUT2D eigenvalue weighted by Gasteiger charge is 2.24. The summed E-state index contributed by atoms with van der Waals surface area (Å²) in [5.41, 5.74) is 1.46. The molecule has 2 aromatic rings. The van der Waals surface area contributed by atoms with Gasteiger partial charge in [-0.05, 0) is 24.6 Å². The Hall–Kier alpha value is -2.08. The quantitative estimate of drug-likeness (QED) is 0.852. The molecule has 0 saturated carbocycles. The summed E-state index contributed by atoms with van der Waals surface area (Å²) in [6.07, 6.45) is 3.08. The molecule has 0 amide bonds. The minimum absolute atomic E-state index is 0.309. The predicted octanol–water partition coefficient (Wildman–Crippen LogP) is 2.64. The second-order valence-electron chi connectivity index (χ2n) is 5.00. The van der Waals surface area contributed by atoms with Crippen LogP contribution in [0.2, 0.25) is 0 Å². The number of hydrogen-bond donors (Lipinski definition) is 0. The summed E-state index contributed by atoms with van der Waals surface area (Å²) in [4.78, 5) is 10.6. The molecule has 1 atom stereocenters. The molecule has 110 valence electrons. The minimum Gasteiger partial charge on any atom is -0.370 e. The molecule has 1 aromatic carbocycles. The molecule has 2 heterocycles. The second kappa shape index (κ2) is 5.73. The Balaban J connectivity index is 1.80. The number of morpholine rings is 1. The average Bonchev–Trinajstić information content (AvgIpc) is 2.50. The lowest BCUT2D eigenvalue weighted by Crippen LogP contribution is -2.39. The standard InChI is InChI=1S/C15H15F2N3O/c1-10-7-18-8-15(19-10)20-4-5-21-14(9-20)11-2-3-12(16)13(17)6-11/h2-3,6-8,14H,4-5,9H2,1H3. The van der Waals surface area contributed by atoms with Gasteiger partial charge in [-0.2, -0.15) is 0 Å². The summed E-state index contributed by atoms with van der Waals surface area (Å²) in [7, 11) is 0. The summed E-state index contributed by atoms with van der Waals surface area (Å²) in [5.74, 6) is -0.939. The first kappa shape index (κ1) is 13.9. The van der Waals surface area contributed by atoms with Crippen LogP contribution in [0.3, 0.4) is 0 Å². The first-order valence-electron chi connectivity index (χ1n) is 6.73. The molecule has 0 spiro atoms. The lowest BCUT2D eigenvalue weighted by atomic mass is 10.1. The van der Waals surface area contributed by atoms with E-state index in [2.05, 4.69) is 9.97 Å². The van der Waals surface area contributed by atoms with Crippen LogP contribution in [-0.2, 0) is 4.74 Å². The number of halogens is 2. The van der Waals surface area contributed by atoms with E-state index in [1.807, 2.05) is 11.8 Å². The van der Waals surface area contributed by atoms with Crippen molar-refractivity contribution < 1.29 is 13.5 Å². The Labute approximate surface area is 121 Å². The van der Waals surface area contributed by atoms with Crippen LogP contribution in [0.25, 0.3) is 0 Å². The van der Waals surface area contributed by atoms with Gasteiger partial charge in [-0.3, -0.25) is 4.98 Å². The third kappa shape index (κ3) is 3.00. The van der Waals surface area contributed by atoms with Crippen molar-refractivity contribution >= 4 is 5.82 Å². The zero-order valence-electron chi connectivity index (χ0n) is 11.6. The highest BCUT2D eigenvalue weighted by Crippen LogP contribution is 2.26. The average molecular weight is 291 g/mol. The van der Waals surface area contributed by atoms with Gasteiger partial charge in [0.05, 0.1) is 18.5 Å². The summed E-state index contributed by atoms with van der Waals surface area (Å²) in [5, 5.41) is 0. The summed E-state index contributed by atoms with van der Waals surface area (Å²) in [6, 6.07) is 3.86. The van der Waals surface area contributed by atoms with E-state index in [0.29, 0.717) is 25.3 Å². The number of aromatic nitrogens is 2. The van der Waals surface area contributed by atoms with Gasteiger partial charge in [0.15, 0.2) is 11.6 Å². The van der Waals surface area contributed by atoms with Gasteiger partial charge in [0, 0.05) is 19.3 Å². The number of ether oxygens (including phenoxy) is 1. The first-order chi connectivity index (χ1) is 10.1. The number of hydrogen-bond acceptors (Lipinski definition) is 4. The SMILES string of the molecule is Cc1cncc(N2CCOC(c3ccc(F)c(F)c3)C2)n1. The molecule has 4 nitrogen and oxygen atoms in total. The smallest absolute Gasteiger partial charge is 0.159 e. The highest BCUT2D eigenvalue weighted by molar-refractivity contribution is 5.38. The van der Waals surface area contributed by atoms with Gasteiger partial charge >= 0.3 is 0 Å². The van der Waals surface area contributed by atoms with Crippen molar-refractivity contribution in [3.05, 3.63) is 53.5 Å². The van der Waals surface area contributed by atoms with Gasteiger partial charge in [-0.25, -0.2) is 13.8 Å². The Morgan fingerprint density at radius 2 is 2.10 bits per heavy atom. The Kier molecular flexibility index (Phi) is 3.79. The molecular weight excluding hydrogens is 276 g/mol. The van der Waals surface area contributed by atoms with Crippen LogP contribution in [0.15, 0.2) is 30.6 Å². The number of benzene rings is 1. The van der Waals surface area contributed by atoms with Crippen molar-refractivity contribution in [2.75, 3.05) is 24.6 Å². The lowest BCUT2D eigenvalue weighted by molar-refractivity contribution is 0.0392. The van der Waals surface area contributed by atoms with Gasteiger partial charge in [-0.1, -0.05) is 6.07 Å². The number of aryl methyl sites for hydroxylation is 1. The van der Waals surface area contributed by atoms with Crippen LogP contribution in [0, 0.1) is 18.6 Å². The van der Waals surface area contributed by atoms with Crippen LogP contribution in [0.4, 0.5) is 14.6 Å². The summed E-state index contributed by atoms with van der Waals surface area (Å²) >= 11 is 0. The fourth-order valence-electron chi connectivity index (χ4n) is 2.37. The number of nitrogens with zero attached hydrogens (tertiary/aromatic N) is 3. The predicted molar refractivity (Wildman–Crippen MR) is 74.0 cm³/mol. The van der Waals surface area contributed by atoms with Gasteiger partial charge in [-0.15, -0.1) is 0 Å². The second-order valence-corrected chi connectivity index (χ2v) is 5.00. The van der Waals surface area contributed by atoms with Crippen molar-refractivity contribution in [1.82, 2.24) is 9.97 Å². The van der Waals surface area contributed by atoms with Crippen molar-refractivity contribution in [3.63, 3.8) is 0 Å². The van der Waals surface area contributed by atoms with E-state index in [9.17, 15) is 8.78 Å². The Bertz CT molecular complexity index is 651. The third-order valence-electron chi connectivity index (χ3n) is 3.45. The zero-order chi connectivity index (χ0) is 14.8. The van der Waals surface area contributed by atoms with Crippen molar-refractivity contribution in [1.29, 1.82) is 0 Å².